The lowest BCUT2D eigenvalue weighted by molar-refractivity contribution is 0.0697. The molecule has 1 aliphatic heterocycles. The monoisotopic (exact) mass is 393 g/mol. The summed E-state index contributed by atoms with van der Waals surface area (Å²) in [6.07, 6.45) is 0. The van der Waals surface area contributed by atoms with Gasteiger partial charge in [-0.05, 0) is 31.5 Å². The summed E-state index contributed by atoms with van der Waals surface area (Å²) in [7, 11) is -2.06. The van der Waals surface area contributed by atoms with E-state index in [4.69, 9.17) is 9.26 Å². The van der Waals surface area contributed by atoms with Gasteiger partial charge in [0.05, 0.1) is 6.61 Å². The maximum absolute atomic E-state index is 12.8. The van der Waals surface area contributed by atoms with Gasteiger partial charge in [0.2, 0.25) is 10.0 Å². The molecule has 0 saturated carbocycles. The number of piperazine rings is 1. The molecule has 0 aliphatic carbocycles. The number of benzene rings is 1. The van der Waals surface area contributed by atoms with Crippen LogP contribution in [-0.2, 0) is 21.4 Å². The number of aryl methyl sites for hydroxylation is 2. The van der Waals surface area contributed by atoms with Gasteiger partial charge in [-0.3, -0.25) is 4.79 Å². The van der Waals surface area contributed by atoms with E-state index in [2.05, 4.69) is 5.16 Å². The number of rotatable bonds is 5. The normalized spacial score (nSPS) is 15.9. The van der Waals surface area contributed by atoms with Gasteiger partial charge in [-0.1, -0.05) is 17.3 Å². The SMILES string of the molecule is COCc1ccc(C(=O)N2CCN(S(=O)(=O)c3c(C)noc3C)CC2)cc1. The zero-order chi connectivity index (χ0) is 19.6. The Morgan fingerprint density at radius 3 is 2.30 bits per heavy atom. The fourth-order valence-corrected chi connectivity index (χ4v) is 4.91. The van der Waals surface area contributed by atoms with Crippen LogP contribution in [0.3, 0.4) is 0 Å². The highest BCUT2D eigenvalue weighted by Gasteiger charge is 2.34. The van der Waals surface area contributed by atoms with Crippen molar-refractivity contribution >= 4 is 15.9 Å². The molecule has 2 heterocycles. The molecule has 0 unspecified atom stereocenters. The number of amides is 1. The lowest BCUT2D eigenvalue weighted by Gasteiger charge is -2.34. The van der Waals surface area contributed by atoms with E-state index in [-0.39, 0.29) is 29.7 Å². The zero-order valence-corrected chi connectivity index (χ0v) is 16.5. The smallest absolute Gasteiger partial charge is 0.253 e. The Balaban J connectivity index is 1.67. The van der Waals surface area contributed by atoms with Crippen LogP contribution in [-0.4, -0.2) is 62.0 Å². The minimum atomic E-state index is -3.68. The van der Waals surface area contributed by atoms with Crippen LogP contribution in [0.15, 0.2) is 33.7 Å². The summed E-state index contributed by atoms with van der Waals surface area (Å²) in [5, 5.41) is 3.73. The molecule has 1 fully saturated rings. The van der Waals surface area contributed by atoms with Crippen molar-refractivity contribution in [2.45, 2.75) is 25.3 Å². The lowest BCUT2D eigenvalue weighted by Crippen LogP contribution is -2.50. The maximum atomic E-state index is 12.8. The average molecular weight is 393 g/mol. The molecule has 27 heavy (non-hydrogen) atoms. The third-order valence-electron chi connectivity index (χ3n) is 4.60. The molecular formula is C18H23N3O5S. The first kappa shape index (κ1) is 19.5. The molecule has 0 N–H and O–H groups in total. The summed E-state index contributed by atoms with van der Waals surface area (Å²) >= 11 is 0. The molecule has 0 bridgehead atoms. The number of ether oxygens (including phenoxy) is 1. The Hall–Kier alpha value is -2.23. The molecule has 1 saturated heterocycles. The van der Waals surface area contributed by atoms with Crippen molar-refractivity contribution in [1.29, 1.82) is 0 Å². The fraction of sp³-hybridized carbons (Fsp3) is 0.444. The van der Waals surface area contributed by atoms with Gasteiger partial charge in [0.25, 0.3) is 5.91 Å². The van der Waals surface area contributed by atoms with Crippen molar-refractivity contribution in [1.82, 2.24) is 14.4 Å². The zero-order valence-electron chi connectivity index (χ0n) is 15.6. The van der Waals surface area contributed by atoms with Crippen LogP contribution in [0.5, 0.6) is 0 Å². The van der Waals surface area contributed by atoms with Crippen LogP contribution < -0.4 is 0 Å². The van der Waals surface area contributed by atoms with E-state index in [0.717, 1.165) is 5.56 Å². The molecule has 1 aromatic carbocycles. The van der Waals surface area contributed by atoms with Gasteiger partial charge in [-0.25, -0.2) is 8.42 Å². The summed E-state index contributed by atoms with van der Waals surface area (Å²) in [4.78, 5) is 14.5. The number of hydrogen-bond donors (Lipinski definition) is 0. The largest absolute Gasteiger partial charge is 0.380 e. The van der Waals surface area contributed by atoms with Crippen LogP contribution in [0.4, 0.5) is 0 Å². The molecule has 146 valence electrons. The second-order valence-corrected chi connectivity index (χ2v) is 8.35. The Morgan fingerprint density at radius 1 is 1.15 bits per heavy atom. The molecule has 1 amide bonds. The second-order valence-electron chi connectivity index (χ2n) is 6.48. The van der Waals surface area contributed by atoms with E-state index in [1.807, 2.05) is 12.1 Å². The topological polar surface area (TPSA) is 93.0 Å². The third-order valence-corrected chi connectivity index (χ3v) is 6.75. The molecule has 8 nitrogen and oxygen atoms in total. The molecule has 0 spiro atoms. The average Bonchev–Trinajstić information content (AvgIpc) is 3.01. The van der Waals surface area contributed by atoms with Gasteiger partial charge in [0.15, 0.2) is 5.76 Å². The van der Waals surface area contributed by atoms with E-state index in [1.165, 1.54) is 4.31 Å². The fourth-order valence-electron chi connectivity index (χ4n) is 3.20. The van der Waals surface area contributed by atoms with Gasteiger partial charge < -0.3 is 14.2 Å². The molecular weight excluding hydrogens is 370 g/mol. The van der Waals surface area contributed by atoms with Crippen molar-refractivity contribution in [3.05, 3.63) is 46.8 Å². The number of carbonyl (C=O) groups is 1. The van der Waals surface area contributed by atoms with Crippen LogP contribution in [0, 0.1) is 13.8 Å². The van der Waals surface area contributed by atoms with Crippen molar-refractivity contribution in [2.24, 2.45) is 0 Å². The van der Waals surface area contributed by atoms with Gasteiger partial charge in [0.1, 0.15) is 10.6 Å². The van der Waals surface area contributed by atoms with Gasteiger partial charge in [0, 0.05) is 38.9 Å². The number of aromatic nitrogens is 1. The first-order chi connectivity index (χ1) is 12.8. The Bertz CT molecular complexity index is 893. The number of carbonyl (C=O) groups excluding carboxylic acids is 1. The molecule has 1 aliphatic rings. The highest BCUT2D eigenvalue weighted by atomic mass is 32.2. The second kappa shape index (κ2) is 7.79. The summed E-state index contributed by atoms with van der Waals surface area (Å²) < 4.78 is 37.1. The first-order valence-electron chi connectivity index (χ1n) is 8.64. The highest BCUT2D eigenvalue weighted by molar-refractivity contribution is 7.89. The Labute approximate surface area is 158 Å². The molecule has 9 heteroatoms. The van der Waals surface area contributed by atoms with Crippen LogP contribution in [0.25, 0.3) is 0 Å². The maximum Gasteiger partial charge on any atom is 0.253 e. The minimum Gasteiger partial charge on any atom is -0.380 e. The number of sulfonamides is 1. The Kier molecular flexibility index (Phi) is 5.64. The van der Waals surface area contributed by atoms with E-state index < -0.39 is 10.0 Å². The van der Waals surface area contributed by atoms with E-state index in [9.17, 15) is 13.2 Å². The molecule has 1 aromatic heterocycles. The van der Waals surface area contributed by atoms with Crippen LogP contribution >= 0.6 is 0 Å². The predicted octanol–water partition coefficient (Wildman–Crippen LogP) is 1.58. The molecule has 2 aromatic rings. The molecule has 0 radical (unpaired) electrons. The standard InChI is InChI=1S/C18H23N3O5S/c1-13-17(14(2)26-19-13)27(23,24)21-10-8-20(9-11-21)18(22)16-6-4-15(5-7-16)12-25-3/h4-7H,8-12H2,1-3H3. The quantitative estimate of drug-likeness (QED) is 0.766. The predicted molar refractivity (Wildman–Crippen MR) is 97.8 cm³/mol. The van der Waals surface area contributed by atoms with Crippen LogP contribution in [0.1, 0.15) is 27.4 Å². The lowest BCUT2D eigenvalue weighted by atomic mass is 10.1. The van der Waals surface area contributed by atoms with E-state index in [0.29, 0.717) is 31.0 Å². The van der Waals surface area contributed by atoms with E-state index >= 15 is 0 Å². The van der Waals surface area contributed by atoms with Crippen molar-refractivity contribution in [3.8, 4) is 0 Å². The number of hydrogen-bond acceptors (Lipinski definition) is 6. The molecule has 3 rings (SSSR count). The number of nitrogens with zero attached hydrogens (tertiary/aromatic N) is 3. The van der Waals surface area contributed by atoms with Gasteiger partial charge >= 0.3 is 0 Å². The summed E-state index contributed by atoms with van der Waals surface area (Å²) in [5.41, 5.74) is 1.92. The summed E-state index contributed by atoms with van der Waals surface area (Å²) in [6, 6.07) is 7.25. The van der Waals surface area contributed by atoms with Crippen molar-refractivity contribution in [2.75, 3.05) is 33.3 Å². The van der Waals surface area contributed by atoms with E-state index in [1.54, 1.807) is 38.0 Å². The van der Waals surface area contributed by atoms with Gasteiger partial charge in [-0.15, -0.1) is 0 Å². The summed E-state index contributed by atoms with van der Waals surface area (Å²) in [6.45, 7) is 4.82. The Morgan fingerprint density at radius 2 is 1.78 bits per heavy atom. The highest BCUT2D eigenvalue weighted by Crippen LogP contribution is 2.24. The molecule has 0 atom stereocenters. The first-order valence-corrected chi connectivity index (χ1v) is 10.1. The van der Waals surface area contributed by atoms with Crippen molar-refractivity contribution in [3.63, 3.8) is 0 Å². The van der Waals surface area contributed by atoms with Gasteiger partial charge in [-0.2, -0.15) is 4.31 Å². The third kappa shape index (κ3) is 3.90. The summed E-state index contributed by atoms with van der Waals surface area (Å²) in [5.74, 6) is 0.176. The van der Waals surface area contributed by atoms with Crippen molar-refractivity contribution < 1.29 is 22.5 Å². The minimum absolute atomic E-state index is 0.103. The number of methoxy groups -OCH3 is 1. The van der Waals surface area contributed by atoms with Crippen LogP contribution in [0.2, 0.25) is 0 Å².